The second kappa shape index (κ2) is 11.3. The van der Waals surface area contributed by atoms with Gasteiger partial charge in [0, 0.05) is 11.9 Å². The molecule has 0 saturated carbocycles. The van der Waals surface area contributed by atoms with Gasteiger partial charge in [-0.3, -0.25) is 4.79 Å². The molecule has 7 nitrogen and oxygen atoms in total. The molecule has 1 aliphatic heterocycles. The number of benzene rings is 2. The number of ether oxygens (including phenoxy) is 2. The first-order chi connectivity index (χ1) is 16.1. The van der Waals surface area contributed by atoms with Crippen LogP contribution >= 0.6 is 23.5 Å². The fourth-order valence-electron chi connectivity index (χ4n) is 3.26. The smallest absolute Gasteiger partial charge is 0.358 e. The zero-order valence-electron chi connectivity index (χ0n) is 18.2. The third-order valence-electron chi connectivity index (χ3n) is 4.82. The number of esters is 1. The predicted octanol–water partition coefficient (Wildman–Crippen LogP) is 4.94. The fraction of sp³-hybridized carbons (Fsp3) is 0.292. The zero-order chi connectivity index (χ0) is 23.0. The second-order valence-electron chi connectivity index (χ2n) is 7.25. The number of aromatic nitrogens is 2. The van der Waals surface area contributed by atoms with Crippen molar-refractivity contribution in [2.24, 2.45) is 0 Å². The summed E-state index contributed by atoms with van der Waals surface area (Å²) in [6, 6.07) is 16.8. The van der Waals surface area contributed by atoms with Crippen LogP contribution in [0.4, 0.5) is 5.69 Å². The molecule has 1 aliphatic rings. The van der Waals surface area contributed by atoms with Crippen molar-refractivity contribution in [2.45, 2.75) is 17.9 Å². The van der Waals surface area contributed by atoms with E-state index in [0.29, 0.717) is 21.7 Å². The third-order valence-corrected chi connectivity index (χ3v) is 7.83. The number of carbonyl (C=O) groups is 2. The Hall–Kier alpha value is -2.91. The average molecular weight is 484 g/mol. The van der Waals surface area contributed by atoms with E-state index in [1.807, 2.05) is 41.7 Å². The molecule has 1 amide bonds. The van der Waals surface area contributed by atoms with E-state index in [-0.39, 0.29) is 24.8 Å². The van der Waals surface area contributed by atoms with Gasteiger partial charge >= 0.3 is 5.97 Å². The Morgan fingerprint density at radius 3 is 2.67 bits per heavy atom. The molecule has 9 heteroatoms. The zero-order valence-corrected chi connectivity index (χ0v) is 19.9. The molecule has 1 aromatic heterocycles. The van der Waals surface area contributed by atoms with E-state index < -0.39 is 5.97 Å². The fourth-order valence-corrected chi connectivity index (χ4v) is 6.15. The largest absolute Gasteiger partial charge is 0.484 e. The lowest BCUT2D eigenvalue weighted by molar-refractivity contribution is -0.118. The van der Waals surface area contributed by atoms with Gasteiger partial charge in [0.15, 0.2) is 12.3 Å². The molecule has 0 aliphatic carbocycles. The van der Waals surface area contributed by atoms with Crippen molar-refractivity contribution in [1.82, 2.24) is 9.78 Å². The lowest BCUT2D eigenvalue weighted by atomic mass is 10.2. The summed E-state index contributed by atoms with van der Waals surface area (Å²) >= 11 is 3.95. The van der Waals surface area contributed by atoms with E-state index >= 15 is 0 Å². The summed E-state index contributed by atoms with van der Waals surface area (Å²) in [6.07, 6.45) is 2.94. The Kier molecular flexibility index (Phi) is 7.96. The van der Waals surface area contributed by atoms with Crippen LogP contribution in [0.3, 0.4) is 0 Å². The van der Waals surface area contributed by atoms with Gasteiger partial charge in [-0.05, 0) is 66.8 Å². The predicted molar refractivity (Wildman–Crippen MR) is 132 cm³/mol. The summed E-state index contributed by atoms with van der Waals surface area (Å²) in [4.78, 5) is 24.2. The number of thioether (sulfide) groups is 2. The molecule has 33 heavy (non-hydrogen) atoms. The lowest BCUT2D eigenvalue weighted by Crippen LogP contribution is -2.20. The number of nitrogens with one attached hydrogen (secondary N) is 1. The lowest BCUT2D eigenvalue weighted by Gasteiger charge is -2.21. The van der Waals surface area contributed by atoms with Crippen molar-refractivity contribution in [2.75, 3.05) is 30.0 Å². The number of rotatable bonds is 8. The van der Waals surface area contributed by atoms with Gasteiger partial charge in [0.1, 0.15) is 5.75 Å². The van der Waals surface area contributed by atoms with Crippen molar-refractivity contribution < 1.29 is 19.1 Å². The van der Waals surface area contributed by atoms with Crippen molar-refractivity contribution >= 4 is 41.1 Å². The van der Waals surface area contributed by atoms with Crippen LogP contribution in [0.15, 0.2) is 60.8 Å². The van der Waals surface area contributed by atoms with Gasteiger partial charge in [0.25, 0.3) is 5.91 Å². The molecule has 0 spiro atoms. The number of carbonyl (C=O) groups excluding carboxylic acids is 2. The summed E-state index contributed by atoms with van der Waals surface area (Å²) in [5.41, 5.74) is 2.82. The molecule has 4 rings (SSSR count). The van der Waals surface area contributed by atoms with Gasteiger partial charge in [0.05, 0.1) is 16.9 Å². The Bertz CT molecular complexity index is 1100. The standard InChI is InChI=1S/C24H25N3O4S2/c1-2-30-23(29)21-11-12-27(26-21)19-6-3-5-18(15-19)25-22(28)16-31-20-9-7-17(8-10-20)24-32-13-4-14-33-24/h3,5-12,15,24H,2,4,13-14,16H2,1H3,(H,25,28). The minimum absolute atomic E-state index is 0.0920. The minimum atomic E-state index is -0.470. The first-order valence-corrected chi connectivity index (χ1v) is 12.8. The van der Waals surface area contributed by atoms with E-state index in [1.165, 1.54) is 23.5 Å². The van der Waals surface area contributed by atoms with E-state index in [2.05, 4.69) is 22.5 Å². The Labute approximate surface area is 201 Å². The first kappa shape index (κ1) is 23.3. The van der Waals surface area contributed by atoms with Gasteiger partial charge in [-0.15, -0.1) is 23.5 Å². The van der Waals surface area contributed by atoms with Gasteiger partial charge in [-0.1, -0.05) is 18.2 Å². The molecule has 0 radical (unpaired) electrons. The van der Waals surface area contributed by atoms with E-state index in [9.17, 15) is 9.59 Å². The van der Waals surface area contributed by atoms with Crippen molar-refractivity contribution in [3.63, 3.8) is 0 Å². The number of amides is 1. The van der Waals surface area contributed by atoms with Gasteiger partial charge in [-0.25, -0.2) is 9.48 Å². The quantitative estimate of drug-likeness (QED) is 0.455. The van der Waals surface area contributed by atoms with Crippen LogP contribution in [0.5, 0.6) is 5.75 Å². The Balaban J connectivity index is 1.31. The molecule has 3 aromatic rings. The summed E-state index contributed by atoms with van der Waals surface area (Å²) < 4.78 is 12.7. The van der Waals surface area contributed by atoms with Crippen LogP contribution < -0.4 is 10.1 Å². The van der Waals surface area contributed by atoms with Gasteiger partial charge < -0.3 is 14.8 Å². The average Bonchev–Trinajstić information content (AvgIpc) is 3.35. The highest BCUT2D eigenvalue weighted by atomic mass is 32.2. The highest BCUT2D eigenvalue weighted by Crippen LogP contribution is 2.43. The minimum Gasteiger partial charge on any atom is -0.484 e. The van der Waals surface area contributed by atoms with Crippen LogP contribution in [0, 0.1) is 0 Å². The van der Waals surface area contributed by atoms with Gasteiger partial charge in [0.2, 0.25) is 0 Å². The van der Waals surface area contributed by atoms with Crippen LogP contribution in [-0.2, 0) is 9.53 Å². The van der Waals surface area contributed by atoms with Crippen LogP contribution in [0.2, 0.25) is 0 Å². The maximum Gasteiger partial charge on any atom is 0.358 e. The maximum absolute atomic E-state index is 12.4. The number of nitrogens with zero attached hydrogens (tertiary/aromatic N) is 2. The Morgan fingerprint density at radius 1 is 1.12 bits per heavy atom. The number of hydrogen-bond donors (Lipinski definition) is 1. The van der Waals surface area contributed by atoms with Crippen molar-refractivity contribution in [3.8, 4) is 11.4 Å². The first-order valence-electron chi connectivity index (χ1n) is 10.7. The van der Waals surface area contributed by atoms with Crippen LogP contribution in [-0.4, -0.2) is 46.4 Å². The summed E-state index contributed by atoms with van der Waals surface area (Å²) in [7, 11) is 0. The second-order valence-corrected chi connectivity index (χ2v) is 9.97. The molecule has 1 fully saturated rings. The normalized spacial score (nSPS) is 14.0. The molecule has 1 saturated heterocycles. The molecule has 172 valence electrons. The highest BCUT2D eigenvalue weighted by Gasteiger charge is 2.16. The monoisotopic (exact) mass is 483 g/mol. The molecule has 0 atom stereocenters. The van der Waals surface area contributed by atoms with E-state index in [4.69, 9.17) is 9.47 Å². The van der Waals surface area contributed by atoms with E-state index in [0.717, 1.165) is 0 Å². The maximum atomic E-state index is 12.4. The van der Waals surface area contributed by atoms with Crippen molar-refractivity contribution in [1.29, 1.82) is 0 Å². The molecular weight excluding hydrogens is 458 g/mol. The molecule has 2 heterocycles. The number of anilines is 1. The summed E-state index contributed by atoms with van der Waals surface area (Å²) in [5, 5.41) is 7.07. The van der Waals surface area contributed by atoms with Crippen LogP contribution in [0.1, 0.15) is 34.0 Å². The number of hydrogen-bond acceptors (Lipinski definition) is 7. The summed E-state index contributed by atoms with van der Waals surface area (Å²) in [6.45, 7) is 1.94. The SMILES string of the molecule is CCOC(=O)c1ccn(-c2cccc(NC(=O)COc3ccc(C4SCCCS4)cc3)c2)n1. The highest BCUT2D eigenvalue weighted by molar-refractivity contribution is 8.16. The molecule has 1 N–H and O–H groups in total. The molecule has 0 bridgehead atoms. The van der Waals surface area contributed by atoms with Gasteiger partial charge in [-0.2, -0.15) is 5.10 Å². The summed E-state index contributed by atoms with van der Waals surface area (Å²) in [5.74, 6) is 2.33. The molecule has 0 unspecified atom stereocenters. The molecular formula is C24H25N3O4S2. The third kappa shape index (κ3) is 6.33. The van der Waals surface area contributed by atoms with Crippen LogP contribution in [0.25, 0.3) is 5.69 Å². The van der Waals surface area contributed by atoms with E-state index in [1.54, 1.807) is 42.1 Å². The topological polar surface area (TPSA) is 82.5 Å². The Morgan fingerprint density at radius 2 is 1.91 bits per heavy atom. The molecule has 2 aromatic carbocycles. The van der Waals surface area contributed by atoms with Crippen molar-refractivity contribution in [3.05, 3.63) is 72.1 Å².